The molecule has 0 fully saturated rings. The molecule has 2 aromatic heterocycles. The molecule has 12 nitrogen and oxygen atoms in total. The Labute approximate surface area is 190 Å². The second-order valence-electron chi connectivity index (χ2n) is 6.52. The number of rotatable bonds is 6. The molecule has 3 aromatic rings. The summed E-state index contributed by atoms with van der Waals surface area (Å²) >= 11 is 12.5. The van der Waals surface area contributed by atoms with E-state index in [1.165, 1.54) is 23.5 Å². The summed E-state index contributed by atoms with van der Waals surface area (Å²) in [6, 6.07) is 5.88. The number of ether oxygens (including phenoxy) is 1. The predicted octanol–water partition coefficient (Wildman–Crippen LogP) is 3.66. The lowest BCUT2D eigenvalue weighted by Crippen LogP contribution is -2.34. The number of carbonyl (C=O) groups is 2. The van der Waals surface area contributed by atoms with Crippen LogP contribution in [0.15, 0.2) is 23.3 Å². The van der Waals surface area contributed by atoms with Crippen LogP contribution in [0.3, 0.4) is 0 Å². The quantitative estimate of drug-likeness (QED) is 0.305. The molecule has 0 radical (unpaired) electrons. The number of benzene rings is 1. The molecule has 4 N–H and O–H groups in total. The minimum absolute atomic E-state index is 0.0712. The van der Waals surface area contributed by atoms with E-state index in [4.69, 9.17) is 38.3 Å². The number of nitrogens with zero attached hydrogens (tertiary/aromatic N) is 5. The molecule has 1 aromatic carbocycles. The number of aromatic amines is 1. The second kappa shape index (κ2) is 9.46. The van der Waals surface area contributed by atoms with Gasteiger partial charge in [-0.1, -0.05) is 37.0 Å². The molecular formula is C18H14Cl2N8O4. The van der Waals surface area contributed by atoms with E-state index in [-0.39, 0.29) is 33.3 Å². The van der Waals surface area contributed by atoms with Crippen molar-refractivity contribution in [2.45, 2.75) is 19.8 Å². The molecule has 2 heterocycles. The van der Waals surface area contributed by atoms with Gasteiger partial charge in [0.2, 0.25) is 11.6 Å². The summed E-state index contributed by atoms with van der Waals surface area (Å²) in [7, 11) is 0. The molecule has 0 atom stereocenters. The van der Waals surface area contributed by atoms with Crippen LogP contribution >= 0.6 is 23.2 Å². The number of carboxylic acid groups (broad SMARTS) is 1. The topological polar surface area (TPSA) is 178 Å². The van der Waals surface area contributed by atoms with Gasteiger partial charge in [0, 0.05) is 11.5 Å². The summed E-state index contributed by atoms with van der Waals surface area (Å²) in [5, 5.41) is 38.5. The number of nitriles is 1. The van der Waals surface area contributed by atoms with E-state index in [2.05, 4.69) is 30.9 Å². The first kappa shape index (κ1) is 22.7. The largest absolute Gasteiger partial charge is 0.465 e. The van der Waals surface area contributed by atoms with Gasteiger partial charge in [-0.15, -0.1) is 10.2 Å². The minimum atomic E-state index is -1.62. The van der Waals surface area contributed by atoms with Crippen molar-refractivity contribution >= 4 is 57.6 Å². The highest BCUT2D eigenvalue weighted by molar-refractivity contribution is 6.46. The summed E-state index contributed by atoms with van der Waals surface area (Å²) in [6.45, 7) is 3.98. The monoisotopic (exact) mass is 476 g/mol. The van der Waals surface area contributed by atoms with Crippen LogP contribution in [-0.2, 0) is 4.79 Å². The van der Waals surface area contributed by atoms with E-state index in [9.17, 15) is 9.59 Å². The van der Waals surface area contributed by atoms with E-state index in [0.717, 1.165) is 11.1 Å². The fourth-order valence-corrected chi connectivity index (χ4v) is 3.11. The van der Waals surface area contributed by atoms with Crippen molar-refractivity contribution in [3.05, 3.63) is 33.9 Å². The Morgan fingerprint density at radius 3 is 2.53 bits per heavy atom. The lowest BCUT2D eigenvalue weighted by molar-refractivity contribution is -0.114. The van der Waals surface area contributed by atoms with Gasteiger partial charge in [0.05, 0.1) is 21.4 Å². The van der Waals surface area contributed by atoms with Crippen molar-refractivity contribution in [3.63, 3.8) is 0 Å². The molecule has 32 heavy (non-hydrogen) atoms. The molecule has 14 heteroatoms. The molecule has 2 amide bonds. The van der Waals surface area contributed by atoms with E-state index in [0.29, 0.717) is 5.65 Å². The lowest BCUT2D eigenvalue weighted by atomic mass is 10.1. The number of carbonyl (C=O) groups excluding carboxylic acids is 1. The van der Waals surface area contributed by atoms with Crippen LogP contribution in [0, 0.1) is 11.3 Å². The van der Waals surface area contributed by atoms with Gasteiger partial charge in [-0.3, -0.25) is 20.6 Å². The average Bonchev–Trinajstić information content (AvgIpc) is 3.14. The van der Waals surface area contributed by atoms with Crippen molar-refractivity contribution in [1.82, 2.24) is 25.7 Å². The summed E-state index contributed by atoms with van der Waals surface area (Å²) in [4.78, 5) is 22.1. The van der Waals surface area contributed by atoms with Gasteiger partial charge < -0.3 is 9.84 Å². The number of nitrogens with one attached hydrogen (secondary N) is 3. The van der Waals surface area contributed by atoms with E-state index in [1.54, 1.807) is 6.07 Å². The van der Waals surface area contributed by atoms with Crippen molar-refractivity contribution in [2.24, 2.45) is 5.10 Å². The van der Waals surface area contributed by atoms with E-state index >= 15 is 0 Å². The van der Waals surface area contributed by atoms with Gasteiger partial charge in [-0.25, -0.2) is 4.79 Å². The number of hydrazone groups is 1. The third kappa shape index (κ3) is 5.02. The van der Waals surface area contributed by atoms with E-state index in [1.807, 2.05) is 13.8 Å². The fraction of sp³-hybridized carbons (Fsp3) is 0.167. The molecule has 164 valence electrons. The maximum absolute atomic E-state index is 11.6. The van der Waals surface area contributed by atoms with Crippen LogP contribution in [0.5, 0.6) is 11.6 Å². The molecule has 0 unspecified atom stereocenters. The standard InChI is InChI=1S/C18H14Cl2N8O4/c1-7(2)14-9-5-13(25-27-16(9)28-26-14)32-15-10(19)3-8(4-11(15)20)23-24-12(6-21)17(29)22-18(30)31/h3-5,7,23H,1-2H3,(H,22,29)(H,30,31)(H,26,27,28). The second-order valence-corrected chi connectivity index (χ2v) is 7.34. The maximum Gasteiger partial charge on any atom is 0.411 e. The summed E-state index contributed by atoms with van der Waals surface area (Å²) < 4.78 is 5.71. The van der Waals surface area contributed by atoms with Crippen molar-refractivity contribution in [3.8, 4) is 17.7 Å². The Morgan fingerprint density at radius 2 is 1.94 bits per heavy atom. The van der Waals surface area contributed by atoms with Gasteiger partial charge in [0.1, 0.15) is 6.07 Å². The molecule has 0 saturated heterocycles. The zero-order chi connectivity index (χ0) is 23.4. The Morgan fingerprint density at radius 1 is 1.25 bits per heavy atom. The highest BCUT2D eigenvalue weighted by Gasteiger charge is 2.17. The Bertz CT molecular complexity index is 1260. The van der Waals surface area contributed by atoms with Gasteiger partial charge >= 0.3 is 6.09 Å². The highest BCUT2D eigenvalue weighted by Crippen LogP contribution is 2.39. The Balaban J connectivity index is 1.83. The number of anilines is 1. The molecule has 0 saturated carbocycles. The number of H-pyrrole nitrogens is 1. The molecule has 0 aliphatic rings. The van der Waals surface area contributed by atoms with Crippen LogP contribution in [0.4, 0.5) is 10.5 Å². The van der Waals surface area contributed by atoms with Crippen LogP contribution in [0.1, 0.15) is 25.5 Å². The van der Waals surface area contributed by atoms with Gasteiger partial charge in [0.15, 0.2) is 11.4 Å². The molecular weight excluding hydrogens is 463 g/mol. The number of halogens is 2. The summed E-state index contributed by atoms with van der Waals surface area (Å²) in [6.07, 6.45) is -1.62. The number of hydrogen-bond donors (Lipinski definition) is 4. The van der Waals surface area contributed by atoms with Gasteiger partial charge in [0.25, 0.3) is 5.91 Å². The number of hydrogen-bond acceptors (Lipinski definition) is 9. The molecule has 0 bridgehead atoms. The first-order valence-electron chi connectivity index (χ1n) is 8.86. The molecule has 3 rings (SSSR count). The highest BCUT2D eigenvalue weighted by atomic mass is 35.5. The molecule has 0 aliphatic carbocycles. The summed E-state index contributed by atoms with van der Waals surface area (Å²) in [5.41, 5.74) is 3.21. The zero-order valence-corrected chi connectivity index (χ0v) is 18.0. The summed E-state index contributed by atoms with van der Waals surface area (Å²) in [5.74, 6) is -0.816. The SMILES string of the molecule is CC(C)c1n[nH]c2nnc(Oc3c(Cl)cc(NN=C(C#N)C(=O)NC(=O)O)cc3Cl)cc12. The number of fused-ring (bicyclic) bond motifs is 1. The Hall–Kier alpha value is -3.95. The smallest absolute Gasteiger partial charge is 0.411 e. The van der Waals surface area contributed by atoms with Crippen LogP contribution < -0.4 is 15.5 Å². The molecule has 0 spiro atoms. The third-order valence-electron chi connectivity index (χ3n) is 3.92. The minimum Gasteiger partial charge on any atom is -0.465 e. The van der Waals surface area contributed by atoms with Gasteiger partial charge in [-0.05, 0) is 18.1 Å². The molecule has 0 aliphatic heterocycles. The van der Waals surface area contributed by atoms with Crippen LogP contribution in [0.2, 0.25) is 10.0 Å². The number of aromatic nitrogens is 4. The third-order valence-corrected chi connectivity index (χ3v) is 4.48. The number of imide groups is 1. The Kier molecular flexibility index (Phi) is 6.72. The number of amides is 2. The van der Waals surface area contributed by atoms with E-state index < -0.39 is 17.7 Å². The normalized spacial score (nSPS) is 11.3. The first-order valence-corrected chi connectivity index (χ1v) is 9.61. The van der Waals surface area contributed by atoms with Crippen molar-refractivity contribution < 1.29 is 19.4 Å². The lowest BCUT2D eigenvalue weighted by Gasteiger charge is -2.11. The fourth-order valence-electron chi connectivity index (χ4n) is 2.54. The predicted molar refractivity (Wildman–Crippen MR) is 115 cm³/mol. The van der Waals surface area contributed by atoms with Crippen molar-refractivity contribution in [1.29, 1.82) is 5.26 Å². The van der Waals surface area contributed by atoms with Gasteiger partial charge in [-0.2, -0.15) is 15.5 Å². The van der Waals surface area contributed by atoms with Crippen LogP contribution in [-0.4, -0.2) is 43.2 Å². The van der Waals surface area contributed by atoms with Crippen molar-refractivity contribution in [2.75, 3.05) is 5.43 Å². The zero-order valence-electron chi connectivity index (χ0n) is 16.5. The first-order chi connectivity index (χ1) is 15.2. The average molecular weight is 477 g/mol. The van der Waals surface area contributed by atoms with Crippen LogP contribution in [0.25, 0.3) is 11.0 Å². The maximum atomic E-state index is 11.6.